The average Bonchev–Trinajstić information content (AvgIpc) is 1.91. The van der Waals surface area contributed by atoms with Crippen LogP contribution in [0.25, 0.3) is 0 Å². The summed E-state index contributed by atoms with van der Waals surface area (Å²) >= 11 is -0.238. The van der Waals surface area contributed by atoms with Gasteiger partial charge in [0.25, 0.3) is 0 Å². The molecule has 0 amide bonds. The Morgan fingerprint density at radius 1 is 0.579 bits per heavy atom. The Hall–Kier alpha value is 0.897. The molecule has 19 heavy (non-hydrogen) atoms. The van der Waals surface area contributed by atoms with E-state index in [4.69, 9.17) is 0 Å². The first-order valence-electron chi connectivity index (χ1n) is 7.34. The molecule has 0 aromatic rings. The van der Waals surface area contributed by atoms with Crippen molar-refractivity contribution in [1.82, 2.24) is 7.05 Å². The molecule has 0 rings (SSSR count). The minimum atomic E-state index is -1.27. The van der Waals surface area contributed by atoms with Gasteiger partial charge in [0.05, 0.1) is 0 Å². The van der Waals surface area contributed by atoms with Crippen LogP contribution < -0.4 is 0 Å². The molecule has 2 nitrogen and oxygen atoms in total. The van der Waals surface area contributed by atoms with E-state index in [1.807, 2.05) is 0 Å². The van der Waals surface area contributed by atoms with Crippen LogP contribution >= 0.6 is 0 Å². The number of rotatable bonds is 4. The molecule has 2 radical (unpaired) electrons. The maximum atomic E-state index is 2.89. The van der Waals surface area contributed by atoms with Crippen molar-refractivity contribution < 1.29 is 0 Å². The number of nitrogens with zero attached hydrogens (tertiary/aromatic N) is 2. The molecule has 5 heteroatoms. The zero-order valence-electron chi connectivity index (χ0n) is 15.4. The van der Waals surface area contributed by atoms with E-state index in [9.17, 15) is 0 Å². The molecule has 0 aromatic heterocycles. The van der Waals surface area contributed by atoms with E-state index >= 15 is 0 Å². The molecule has 0 fully saturated rings. The van der Waals surface area contributed by atoms with Gasteiger partial charge in [-0.05, 0) is 0 Å². The van der Waals surface area contributed by atoms with Crippen LogP contribution in [0.1, 0.15) is 41.5 Å². The quantitative estimate of drug-likeness (QED) is 0.686. The van der Waals surface area contributed by atoms with E-state index in [0.717, 1.165) is 0 Å². The normalized spacial score (nSPS) is 15.5. The number of hydrogen-bond donors (Lipinski definition) is 0. The van der Waals surface area contributed by atoms with Gasteiger partial charge in [0.15, 0.2) is 0 Å². The topological polar surface area (TPSA) is 6.48 Å². The van der Waals surface area contributed by atoms with Crippen molar-refractivity contribution in [1.29, 1.82) is 0 Å². The molecule has 0 spiro atoms. The fourth-order valence-electron chi connectivity index (χ4n) is 2.71. The molecule has 0 saturated heterocycles. The number of hydrogen-bond acceptors (Lipinski definition) is 2. The Kier molecular flexibility index (Phi) is 6.23. The zero-order chi connectivity index (χ0) is 15.9. The predicted octanol–water partition coefficient (Wildman–Crippen LogP) is 4.39. The van der Waals surface area contributed by atoms with E-state index in [1.54, 1.807) is 0 Å². The van der Waals surface area contributed by atoms with Crippen molar-refractivity contribution in [3.05, 3.63) is 0 Å². The van der Waals surface area contributed by atoms with Gasteiger partial charge in [-0.1, -0.05) is 0 Å². The van der Waals surface area contributed by atoms with Crippen LogP contribution in [-0.2, 0) is 0 Å². The van der Waals surface area contributed by atoms with Crippen molar-refractivity contribution in [2.24, 2.45) is 0 Å². The van der Waals surface area contributed by atoms with Crippen LogP contribution in [0.2, 0.25) is 39.3 Å². The monoisotopic (exact) mass is 362 g/mol. The van der Waals surface area contributed by atoms with Crippen molar-refractivity contribution in [3.8, 4) is 0 Å². The summed E-state index contributed by atoms with van der Waals surface area (Å²) < 4.78 is 5.78. The Labute approximate surface area is 131 Å². The predicted molar refractivity (Wildman–Crippen MR) is 95.6 cm³/mol. The first-order chi connectivity index (χ1) is 7.97. The fourth-order valence-corrected chi connectivity index (χ4v) is 14.4. The molecular weight excluding hydrogens is 325 g/mol. The molecule has 0 aliphatic rings. The minimum absolute atomic E-state index is 0.238. The Morgan fingerprint density at radius 3 is 0.895 bits per heavy atom. The summed E-state index contributed by atoms with van der Waals surface area (Å²) in [5.41, 5.74) is 0.598. The van der Waals surface area contributed by atoms with Crippen molar-refractivity contribution in [2.45, 2.75) is 91.9 Å². The van der Waals surface area contributed by atoms with Gasteiger partial charge in [0.1, 0.15) is 0 Å². The summed E-state index contributed by atoms with van der Waals surface area (Å²) in [4.78, 5) is 0. The Bertz CT molecular complexity index is 235. The van der Waals surface area contributed by atoms with Gasteiger partial charge in [-0.3, -0.25) is 0 Å². The van der Waals surface area contributed by atoms with Gasteiger partial charge in [-0.25, -0.2) is 0 Å². The van der Waals surface area contributed by atoms with Crippen LogP contribution in [0.5, 0.6) is 0 Å². The van der Waals surface area contributed by atoms with Gasteiger partial charge in [0, 0.05) is 0 Å². The van der Waals surface area contributed by atoms with Gasteiger partial charge >= 0.3 is 131 Å². The summed E-state index contributed by atoms with van der Waals surface area (Å²) in [6, 6.07) is 0. The SMILES string of the molecule is CC(C)(C)[N]([Ge][N](C(C)(C)C)[Si](C)(C)C)[Si](C)(C)C. The van der Waals surface area contributed by atoms with Crippen LogP contribution in [0.15, 0.2) is 0 Å². The summed E-state index contributed by atoms with van der Waals surface area (Å²) in [7, 11) is -2.55. The maximum absolute atomic E-state index is 2.89. The van der Waals surface area contributed by atoms with Gasteiger partial charge in [0.2, 0.25) is 0 Å². The molecule has 0 unspecified atom stereocenters. The molecule has 0 N–H and O–H groups in total. The molecule has 0 aromatic carbocycles. The van der Waals surface area contributed by atoms with Gasteiger partial charge in [-0.2, -0.15) is 0 Å². The second-order valence-corrected chi connectivity index (χ2v) is 23.2. The first-order valence-corrected chi connectivity index (χ1v) is 16.1. The van der Waals surface area contributed by atoms with E-state index in [2.05, 4.69) is 87.9 Å². The summed E-state index contributed by atoms with van der Waals surface area (Å²) in [6.07, 6.45) is 0. The van der Waals surface area contributed by atoms with E-state index in [1.165, 1.54) is 0 Å². The third-order valence-electron chi connectivity index (χ3n) is 2.88. The molecular formula is C14H36GeN2Si2. The molecule has 0 saturated carbocycles. The van der Waals surface area contributed by atoms with Crippen LogP contribution in [-0.4, -0.2) is 50.5 Å². The standard InChI is InChI=1S/C14H36GeN2Si2/c1-13(2,3)16(18(7,8)9)15-17(14(4,5)6)19(10,11)12/h1-12H3. The van der Waals surface area contributed by atoms with Crippen LogP contribution in [0.3, 0.4) is 0 Å². The molecule has 0 aliphatic heterocycles. The Morgan fingerprint density at radius 2 is 0.789 bits per heavy atom. The van der Waals surface area contributed by atoms with Gasteiger partial charge in [-0.15, -0.1) is 0 Å². The molecule has 0 aliphatic carbocycles. The molecule has 114 valence electrons. The zero-order valence-corrected chi connectivity index (χ0v) is 19.5. The average molecular weight is 361 g/mol. The second-order valence-electron chi connectivity index (χ2n) is 9.45. The van der Waals surface area contributed by atoms with E-state index in [-0.39, 0.29) is 15.9 Å². The summed E-state index contributed by atoms with van der Waals surface area (Å²) in [5, 5.41) is 0. The fraction of sp³-hybridized carbons (Fsp3) is 1.00. The molecule has 0 atom stereocenters. The molecule has 0 heterocycles. The second kappa shape index (κ2) is 5.95. The Balaban J connectivity index is 5.43. The van der Waals surface area contributed by atoms with E-state index < -0.39 is 16.5 Å². The third kappa shape index (κ3) is 6.46. The van der Waals surface area contributed by atoms with Gasteiger partial charge < -0.3 is 0 Å². The van der Waals surface area contributed by atoms with Crippen molar-refractivity contribution in [2.75, 3.05) is 0 Å². The van der Waals surface area contributed by atoms with Crippen molar-refractivity contribution >= 4 is 32.3 Å². The van der Waals surface area contributed by atoms with Crippen molar-refractivity contribution in [3.63, 3.8) is 0 Å². The van der Waals surface area contributed by atoms with Crippen LogP contribution in [0.4, 0.5) is 0 Å². The first kappa shape index (κ1) is 19.9. The summed E-state index contributed by atoms with van der Waals surface area (Å²) in [5.74, 6) is 0. The third-order valence-corrected chi connectivity index (χ3v) is 20.0. The summed E-state index contributed by atoms with van der Waals surface area (Å²) in [6.45, 7) is 29.3. The van der Waals surface area contributed by atoms with Crippen LogP contribution in [0, 0.1) is 0 Å². The van der Waals surface area contributed by atoms with E-state index in [0.29, 0.717) is 11.1 Å². The molecule has 0 bridgehead atoms.